The number of hydrogen-bond donors (Lipinski definition) is 2. The number of hydrogen-bond acceptors (Lipinski definition) is 6. The second-order valence-electron chi connectivity index (χ2n) is 4.18. The summed E-state index contributed by atoms with van der Waals surface area (Å²) in [6.07, 6.45) is 1.27. The fourth-order valence-electron chi connectivity index (χ4n) is 1.88. The molecular weight excluding hydrogens is 234 g/mol. The topological polar surface area (TPSA) is 83.3 Å². The van der Waals surface area contributed by atoms with Crippen molar-refractivity contribution in [2.75, 3.05) is 44.6 Å². The van der Waals surface area contributed by atoms with Crippen molar-refractivity contribution in [3.8, 4) is 0 Å². The van der Waals surface area contributed by atoms with Gasteiger partial charge in [0.2, 0.25) is 0 Å². The molecule has 7 nitrogen and oxygen atoms in total. The number of piperazine rings is 1. The molecule has 0 saturated carbocycles. The molecule has 0 spiro atoms. The van der Waals surface area contributed by atoms with Crippen LogP contribution in [0.2, 0.25) is 0 Å². The molecule has 0 amide bonds. The number of anilines is 1. The zero-order valence-corrected chi connectivity index (χ0v) is 10.1. The molecule has 0 aromatic carbocycles. The minimum atomic E-state index is -0.447. The van der Waals surface area contributed by atoms with E-state index in [2.05, 4.69) is 20.5 Å². The molecule has 1 aliphatic rings. The molecule has 1 fully saturated rings. The van der Waals surface area contributed by atoms with Crippen molar-refractivity contribution in [1.29, 1.82) is 0 Å². The lowest BCUT2D eigenvalue weighted by molar-refractivity contribution is -0.385. The number of nitrogens with one attached hydrogen (secondary N) is 2. The summed E-state index contributed by atoms with van der Waals surface area (Å²) in [5.41, 5.74) is 0.0163. The minimum Gasteiger partial charge on any atom is -0.369 e. The van der Waals surface area contributed by atoms with Crippen LogP contribution in [0.3, 0.4) is 0 Å². The Morgan fingerprint density at radius 2 is 2.22 bits per heavy atom. The summed E-state index contributed by atoms with van der Waals surface area (Å²) in [6, 6.07) is 3.09. The van der Waals surface area contributed by atoms with Gasteiger partial charge >= 0.3 is 0 Å². The fourth-order valence-corrected chi connectivity index (χ4v) is 1.88. The van der Waals surface area contributed by atoms with E-state index in [1.54, 1.807) is 6.07 Å². The van der Waals surface area contributed by atoms with Gasteiger partial charge in [0.25, 0.3) is 5.69 Å². The second kappa shape index (κ2) is 6.27. The molecule has 1 aromatic heterocycles. The summed E-state index contributed by atoms with van der Waals surface area (Å²) in [7, 11) is 0. The van der Waals surface area contributed by atoms with Crippen molar-refractivity contribution < 1.29 is 4.92 Å². The van der Waals surface area contributed by atoms with E-state index in [4.69, 9.17) is 0 Å². The van der Waals surface area contributed by atoms with Gasteiger partial charge in [-0.15, -0.1) is 0 Å². The third kappa shape index (κ3) is 3.64. The van der Waals surface area contributed by atoms with Crippen molar-refractivity contribution in [2.24, 2.45) is 0 Å². The zero-order valence-electron chi connectivity index (χ0n) is 10.1. The van der Waals surface area contributed by atoms with E-state index in [0.717, 1.165) is 39.3 Å². The maximum absolute atomic E-state index is 10.5. The van der Waals surface area contributed by atoms with E-state index in [9.17, 15) is 10.1 Å². The standard InChI is InChI=1S/C11H17N5O2/c17-16(18)10-1-2-11(14-9-10)13-5-8-15-6-3-12-4-7-15/h1-2,9,12H,3-8H2,(H,13,14). The molecule has 1 aliphatic heterocycles. The van der Waals surface area contributed by atoms with Gasteiger partial charge in [0, 0.05) is 45.3 Å². The molecule has 0 unspecified atom stereocenters. The predicted molar refractivity (Wildman–Crippen MR) is 68.7 cm³/mol. The molecular formula is C11H17N5O2. The first-order valence-electron chi connectivity index (χ1n) is 6.03. The first kappa shape index (κ1) is 12.7. The highest BCUT2D eigenvalue weighted by molar-refractivity contribution is 5.39. The van der Waals surface area contributed by atoms with Gasteiger partial charge in [-0.2, -0.15) is 0 Å². The number of aromatic nitrogens is 1. The molecule has 2 rings (SSSR count). The summed E-state index contributed by atoms with van der Waals surface area (Å²) >= 11 is 0. The Kier molecular flexibility index (Phi) is 4.43. The quantitative estimate of drug-likeness (QED) is 0.579. The van der Waals surface area contributed by atoms with Gasteiger partial charge in [-0.1, -0.05) is 0 Å². The molecule has 98 valence electrons. The SMILES string of the molecule is O=[N+]([O-])c1ccc(NCCN2CCNCC2)nc1. The van der Waals surface area contributed by atoms with E-state index in [-0.39, 0.29) is 5.69 Å². The monoisotopic (exact) mass is 251 g/mol. The Morgan fingerprint density at radius 3 is 2.83 bits per heavy atom. The Morgan fingerprint density at radius 1 is 1.44 bits per heavy atom. The molecule has 2 heterocycles. The maximum Gasteiger partial charge on any atom is 0.287 e. The zero-order chi connectivity index (χ0) is 12.8. The molecule has 0 bridgehead atoms. The lowest BCUT2D eigenvalue weighted by Crippen LogP contribution is -2.45. The number of nitrogens with zero attached hydrogens (tertiary/aromatic N) is 3. The molecule has 0 atom stereocenters. The van der Waals surface area contributed by atoms with Gasteiger partial charge in [-0.3, -0.25) is 15.0 Å². The van der Waals surface area contributed by atoms with Crippen LogP contribution in [0.15, 0.2) is 18.3 Å². The largest absolute Gasteiger partial charge is 0.369 e. The smallest absolute Gasteiger partial charge is 0.287 e. The van der Waals surface area contributed by atoms with Gasteiger partial charge in [0.1, 0.15) is 12.0 Å². The molecule has 1 aromatic rings. The van der Waals surface area contributed by atoms with E-state index in [0.29, 0.717) is 5.82 Å². The van der Waals surface area contributed by atoms with E-state index in [1.165, 1.54) is 12.3 Å². The Labute approximate surface area is 105 Å². The van der Waals surface area contributed by atoms with Crippen molar-refractivity contribution >= 4 is 11.5 Å². The maximum atomic E-state index is 10.5. The third-order valence-electron chi connectivity index (χ3n) is 2.90. The fraction of sp³-hybridized carbons (Fsp3) is 0.545. The van der Waals surface area contributed by atoms with Crippen molar-refractivity contribution in [3.63, 3.8) is 0 Å². The first-order valence-corrected chi connectivity index (χ1v) is 6.03. The van der Waals surface area contributed by atoms with Crippen LogP contribution in [0.25, 0.3) is 0 Å². The number of pyridine rings is 1. The molecule has 1 saturated heterocycles. The Bertz CT molecular complexity index is 389. The van der Waals surface area contributed by atoms with Crippen LogP contribution in [0.4, 0.5) is 11.5 Å². The summed E-state index contributed by atoms with van der Waals surface area (Å²) < 4.78 is 0. The summed E-state index contributed by atoms with van der Waals surface area (Å²) in [5.74, 6) is 0.677. The Balaban J connectivity index is 1.74. The van der Waals surface area contributed by atoms with Gasteiger partial charge in [-0.25, -0.2) is 4.98 Å². The predicted octanol–water partition coefficient (Wildman–Crippen LogP) is 0.307. The van der Waals surface area contributed by atoms with Crippen molar-refractivity contribution in [2.45, 2.75) is 0 Å². The lowest BCUT2D eigenvalue weighted by atomic mass is 10.3. The number of nitro groups is 1. The summed E-state index contributed by atoms with van der Waals surface area (Å²) in [4.78, 5) is 16.4. The van der Waals surface area contributed by atoms with Gasteiger partial charge in [0.15, 0.2) is 0 Å². The van der Waals surface area contributed by atoms with E-state index >= 15 is 0 Å². The van der Waals surface area contributed by atoms with Crippen LogP contribution >= 0.6 is 0 Å². The molecule has 7 heteroatoms. The van der Waals surface area contributed by atoms with Crippen LogP contribution in [0.5, 0.6) is 0 Å². The van der Waals surface area contributed by atoms with Crippen LogP contribution in [-0.2, 0) is 0 Å². The van der Waals surface area contributed by atoms with E-state index < -0.39 is 4.92 Å². The van der Waals surface area contributed by atoms with Gasteiger partial charge in [0.05, 0.1) is 4.92 Å². The van der Waals surface area contributed by atoms with Crippen molar-refractivity contribution in [1.82, 2.24) is 15.2 Å². The highest BCUT2D eigenvalue weighted by atomic mass is 16.6. The average Bonchev–Trinajstić information content (AvgIpc) is 2.40. The first-order chi connectivity index (χ1) is 8.75. The lowest BCUT2D eigenvalue weighted by Gasteiger charge is -2.27. The molecule has 0 aliphatic carbocycles. The summed E-state index contributed by atoms with van der Waals surface area (Å²) in [5, 5.41) is 16.9. The van der Waals surface area contributed by atoms with Gasteiger partial charge in [-0.05, 0) is 6.07 Å². The molecule has 2 N–H and O–H groups in total. The van der Waals surface area contributed by atoms with Crippen LogP contribution < -0.4 is 10.6 Å². The van der Waals surface area contributed by atoms with E-state index in [1.807, 2.05) is 0 Å². The third-order valence-corrected chi connectivity index (χ3v) is 2.90. The van der Waals surface area contributed by atoms with Gasteiger partial charge < -0.3 is 10.6 Å². The molecule has 18 heavy (non-hydrogen) atoms. The van der Waals surface area contributed by atoms with Crippen LogP contribution in [0.1, 0.15) is 0 Å². The molecule has 0 radical (unpaired) electrons. The van der Waals surface area contributed by atoms with Crippen LogP contribution in [-0.4, -0.2) is 54.1 Å². The van der Waals surface area contributed by atoms with Crippen molar-refractivity contribution in [3.05, 3.63) is 28.4 Å². The average molecular weight is 251 g/mol. The highest BCUT2D eigenvalue weighted by Crippen LogP contribution is 2.11. The second-order valence-corrected chi connectivity index (χ2v) is 4.18. The minimum absolute atomic E-state index is 0.0163. The Hall–Kier alpha value is -1.73. The normalized spacial score (nSPS) is 16.4. The van der Waals surface area contributed by atoms with Crippen LogP contribution in [0, 0.1) is 10.1 Å². The highest BCUT2D eigenvalue weighted by Gasteiger charge is 2.09. The number of rotatable bonds is 5. The summed E-state index contributed by atoms with van der Waals surface area (Å²) in [6.45, 7) is 5.96.